The molecule has 0 spiro atoms. The van der Waals surface area contributed by atoms with E-state index in [0.29, 0.717) is 21.6 Å². The Bertz CT molecular complexity index is 1090. The largest absolute Gasteiger partial charge is 0.282 e. The lowest BCUT2D eigenvalue weighted by molar-refractivity contribution is -0.117. The summed E-state index contributed by atoms with van der Waals surface area (Å²) in [5, 5.41) is 16.9. The van der Waals surface area contributed by atoms with E-state index in [1.165, 1.54) is 21.9 Å². The van der Waals surface area contributed by atoms with Gasteiger partial charge in [-0.25, -0.2) is 4.98 Å². The van der Waals surface area contributed by atoms with E-state index in [0.717, 1.165) is 11.3 Å². The molecule has 0 bridgehead atoms. The Balaban J connectivity index is 1.54. The number of hydrazone groups is 1. The van der Waals surface area contributed by atoms with Gasteiger partial charge in [-0.1, -0.05) is 47.5 Å². The average Bonchev–Trinajstić information content (AvgIpc) is 3.26. The first-order valence-electron chi connectivity index (χ1n) is 8.59. The highest BCUT2D eigenvalue weighted by Gasteiger charge is 2.36. The van der Waals surface area contributed by atoms with Gasteiger partial charge < -0.3 is 0 Å². The van der Waals surface area contributed by atoms with Crippen molar-refractivity contribution < 1.29 is 4.79 Å². The van der Waals surface area contributed by atoms with Gasteiger partial charge in [0.15, 0.2) is 6.04 Å². The first-order chi connectivity index (χ1) is 13.5. The summed E-state index contributed by atoms with van der Waals surface area (Å²) in [6.45, 7) is 3.79. The fourth-order valence-electron chi connectivity index (χ4n) is 2.71. The highest BCUT2D eigenvalue weighted by atomic mass is 35.5. The molecule has 3 aromatic rings. The van der Waals surface area contributed by atoms with Crippen LogP contribution in [0, 0.1) is 6.92 Å². The molecule has 1 atom stereocenters. The maximum absolute atomic E-state index is 12.8. The molecule has 1 aromatic heterocycles. The van der Waals surface area contributed by atoms with Gasteiger partial charge in [0.05, 0.1) is 17.1 Å². The van der Waals surface area contributed by atoms with Gasteiger partial charge in [0.2, 0.25) is 5.13 Å². The van der Waals surface area contributed by atoms with Crippen LogP contribution < -0.4 is 5.01 Å². The Labute approximate surface area is 171 Å². The van der Waals surface area contributed by atoms with Crippen LogP contribution in [0.2, 0.25) is 5.02 Å². The summed E-state index contributed by atoms with van der Waals surface area (Å²) in [5.41, 5.74) is 4.15. The number of anilines is 1. The second-order valence-corrected chi connectivity index (χ2v) is 7.64. The Kier molecular flexibility index (Phi) is 5.02. The summed E-state index contributed by atoms with van der Waals surface area (Å²) in [5.74, 6) is -0.270. The number of benzene rings is 2. The quantitative estimate of drug-likeness (QED) is 0.522. The van der Waals surface area contributed by atoms with E-state index < -0.39 is 6.04 Å². The topological polar surface area (TPSA) is 70.3 Å². The van der Waals surface area contributed by atoms with Gasteiger partial charge in [0, 0.05) is 16.0 Å². The van der Waals surface area contributed by atoms with Crippen molar-refractivity contribution in [1.29, 1.82) is 0 Å². The van der Waals surface area contributed by atoms with Crippen molar-refractivity contribution in [3.05, 3.63) is 64.5 Å². The number of amides is 1. The Morgan fingerprint density at radius 2 is 1.93 bits per heavy atom. The van der Waals surface area contributed by atoms with E-state index in [1.807, 2.05) is 36.6 Å². The first-order valence-corrected chi connectivity index (χ1v) is 9.85. The molecule has 0 saturated heterocycles. The smallest absolute Gasteiger partial charge is 0.269 e. The number of hydrogen-bond donors (Lipinski definition) is 0. The van der Waals surface area contributed by atoms with E-state index >= 15 is 0 Å². The molecule has 4 rings (SSSR count). The summed E-state index contributed by atoms with van der Waals surface area (Å²) in [4.78, 5) is 17.4. The third-order valence-corrected chi connectivity index (χ3v) is 5.26. The maximum atomic E-state index is 12.8. The van der Waals surface area contributed by atoms with Crippen LogP contribution in [-0.4, -0.2) is 22.6 Å². The van der Waals surface area contributed by atoms with Gasteiger partial charge in [0.25, 0.3) is 5.91 Å². The normalized spacial score (nSPS) is 16.8. The molecule has 1 unspecified atom stereocenters. The predicted octanol–water partition coefficient (Wildman–Crippen LogP) is 5.65. The van der Waals surface area contributed by atoms with Crippen LogP contribution in [0.15, 0.2) is 69.2 Å². The number of carbonyl (C=O) groups is 1. The second-order valence-electron chi connectivity index (χ2n) is 6.37. The van der Waals surface area contributed by atoms with E-state index in [9.17, 15) is 4.79 Å². The molecule has 0 saturated carbocycles. The molecule has 6 nitrogen and oxygen atoms in total. The summed E-state index contributed by atoms with van der Waals surface area (Å²) in [7, 11) is 0. The van der Waals surface area contributed by atoms with E-state index in [-0.39, 0.29) is 5.91 Å². The number of rotatable bonds is 4. The van der Waals surface area contributed by atoms with Crippen LogP contribution in [0.5, 0.6) is 0 Å². The third kappa shape index (κ3) is 3.72. The highest BCUT2D eigenvalue weighted by Crippen LogP contribution is 2.31. The number of carbonyl (C=O) groups excluding carboxylic acids is 1. The lowest BCUT2D eigenvalue weighted by Gasteiger charge is -2.08. The van der Waals surface area contributed by atoms with Gasteiger partial charge in [-0.2, -0.15) is 20.3 Å². The second kappa shape index (κ2) is 7.61. The zero-order valence-corrected chi connectivity index (χ0v) is 16.8. The molecule has 28 heavy (non-hydrogen) atoms. The molecule has 8 heteroatoms. The Morgan fingerprint density at radius 3 is 2.68 bits per heavy atom. The zero-order chi connectivity index (χ0) is 19.7. The predicted molar refractivity (Wildman–Crippen MR) is 113 cm³/mol. The molecular weight excluding hydrogens is 394 g/mol. The molecule has 0 aliphatic carbocycles. The van der Waals surface area contributed by atoms with Crippen molar-refractivity contribution in [2.75, 3.05) is 5.01 Å². The molecule has 1 amide bonds. The number of halogens is 1. The van der Waals surface area contributed by atoms with E-state index in [4.69, 9.17) is 11.6 Å². The molecule has 2 aromatic carbocycles. The number of nitrogens with zero attached hydrogens (tertiary/aromatic N) is 5. The molecule has 0 fully saturated rings. The number of aryl methyl sites for hydroxylation is 1. The fourth-order valence-corrected chi connectivity index (χ4v) is 3.68. The lowest BCUT2D eigenvalue weighted by Crippen LogP contribution is -2.29. The summed E-state index contributed by atoms with van der Waals surface area (Å²) in [6, 6.07) is 14.3. The van der Waals surface area contributed by atoms with Crippen LogP contribution in [0.4, 0.5) is 10.8 Å². The fraction of sp³-hybridized carbons (Fsp3) is 0.150. The first kappa shape index (κ1) is 18.5. The van der Waals surface area contributed by atoms with Gasteiger partial charge in [-0.05, 0) is 32.0 Å². The molecule has 0 radical (unpaired) electrons. The lowest BCUT2D eigenvalue weighted by atomic mass is 10.1. The monoisotopic (exact) mass is 409 g/mol. The van der Waals surface area contributed by atoms with Crippen molar-refractivity contribution in [2.45, 2.75) is 19.9 Å². The summed E-state index contributed by atoms with van der Waals surface area (Å²) in [6.07, 6.45) is 0. The minimum absolute atomic E-state index is 0.270. The molecule has 2 heterocycles. The molecule has 140 valence electrons. The van der Waals surface area contributed by atoms with E-state index in [1.54, 1.807) is 31.2 Å². The summed E-state index contributed by atoms with van der Waals surface area (Å²) >= 11 is 7.32. The van der Waals surface area contributed by atoms with Gasteiger partial charge >= 0.3 is 0 Å². The zero-order valence-electron chi connectivity index (χ0n) is 15.2. The van der Waals surface area contributed by atoms with Crippen molar-refractivity contribution >= 4 is 45.4 Å². The standard InChI is InChI=1S/C20H16ClN5OS/c1-12-6-8-14(9-7-12)17-11-28-20(22-17)26-19(27)18(13(2)25-26)24-23-16-5-3-4-15(21)10-16/h3-11,18H,1-2H3. The van der Waals surface area contributed by atoms with Crippen LogP contribution >= 0.6 is 22.9 Å². The van der Waals surface area contributed by atoms with E-state index in [2.05, 4.69) is 20.3 Å². The number of thiazole rings is 1. The summed E-state index contributed by atoms with van der Waals surface area (Å²) < 4.78 is 0. The molecule has 1 aliphatic rings. The van der Waals surface area contributed by atoms with Gasteiger partial charge in [-0.15, -0.1) is 11.3 Å². The Morgan fingerprint density at radius 1 is 1.14 bits per heavy atom. The van der Waals surface area contributed by atoms with Crippen molar-refractivity contribution in [1.82, 2.24) is 4.98 Å². The van der Waals surface area contributed by atoms with Crippen LogP contribution in [0.25, 0.3) is 11.3 Å². The minimum atomic E-state index is -0.759. The van der Waals surface area contributed by atoms with Crippen LogP contribution in [0.3, 0.4) is 0 Å². The highest BCUT2D eigenvalue weighted by molar-refractivity contribution is 7.14. The SMILES string of the molecule is CC1=NN(c2nc(-c3ccc(C)cc3)cs2)C(=O)C1N=Nc1cccc(Cl)c1. The number of hydrogen-bond acceptors (Lipinski definition) is 6. The van der Waals surface area contributed by atoms with Crippen molar-refractivity contribution in [3.8, 4) is 11.3 Å². The minimum Gasteiger partial charge on any atom is -0.269 e. The Hall–Kier alpha value is -2.90. The molecule has 0 N–H and O–H groups in total. The number of azo groups is 1. The third-order valence-electron chi connectivity index (χ3n) is 4.21. The molecular formula is C20H16ClN5OS. The van der Waals surface area contributed by atoms with Crippen molar-refractivity contribution in [2.24, 2.45) is 15.3 Å². The van der Waals surface area contributed by atoms with Gasteiger partial charge in [0.1, 0.15) is 0 Å². The van der Waals surface area contributed by atoms with Crippen LogP contribution in [0.1, 0.15) is 12.5 Å². The van der Waals surface area contributed by atoms with Gasteiger partial charge in [-0.3, -0.25) is 4.79 Å². The van der Waals surface area contributed by atoms with Crippen molar-refractivity contribution in [3.63, 3.8) is 0 Å². The molecule has 1 aliphatic heterocycles. The maximum Gasteiger partial charge on any atom is 0.282 e. The number of aromatic nitrogens is 1. The average molecular weight is 410 g/mol. The van der Waals surface area contributed by atoms with Crippen LogP contribution in [-0.2, 0) is 4.79 Å².